The molecule has 1 aromatic heterocycles. The lowest BCUT2D eigenvalue weighted by molar-refractivity contribution is -0.117. The first kappa shape index (κ1) is 9.86. The van der Waals surface area contributed by atoms with Gasteiger partial charge in [-0.3, -0.25) is 4.79 Å². The van der Waals surface area contributed by atoms with E-state index in [1.807, 2.05) is 35.7 Å². The average Bonchev–Trinajstić information content (AvgIpc) is 2.67. The molecule has 0 saturated carbocycles. The van der Waals surface area contributed by atoms with E-state index < -0.39 is 0 Å². The Kier molecular flexibility index (Phi) is 2.78. The quantitative estimate of drug-likeness (QED) is 0.854. The van der Waals surface area contributed by atoms with Crippen LogP contribution in [0.2, 0.25) is 0 Å². The van der Waals surface area contributed by atoms with E-state index >= 15 is 0 Å². The molecule has 0 fully saturated rings. The molecule has 1 amide bonds. The van der Waals surface area contributed by atoms with Gasteiger partial charge >= 0.3 is 0 Å². The van der Waals surface area contributed by atoms with Crippen LogP contribution in [-0.4, -0.2) is 10.9 Å². The van der Waals surface area contributed by atoms with Gasteiger partial charge in [-0.05, 0) is 0 Å². The molecular formula is C11H10N2OS. The van der Waals surface area contributed by atoms with Crippen molar-refractivity contribution in [2.24, 2.45) is 5.73 Å². The number of thiazole rings is 1. The number of hydrogen-bond acceptors (Lipinski definition) is 3. The number of amides is 1. The van der Waals surface area contributed by atoms with Gasteiger partial charge in [-0.15, -0.1) is 11.3 Å². The van der Waals surface area contributed by atoms with Crippen molar-refractivity contribution < 1.29 is 4.79 Å². The molecule has 0 bridgehead atoms. The lowest BCUT2D eigenvalue weighted by Crippen LogP contribution is -2.13. The standard InChI is InChI=1S/C11H10N2OS/c12-10(14)6-9-7-15-11(13-9)8-4-2-1-3-5-8/h1-5,7H,6H2,(H2,12,14). The highest BCUT2D eigenvalue weighted by Gasteiger charge is 2.05. The molecule has 1 aromatic carbocycles. The molecule has 3 nitrogen and oxygen atoms in total. The summed E-state index contributed by atoms with van der Waals surface area (Å²) in [6.07, 6.45) is 0.212. The maximum Gasteiger partial charge on any atom is 0.223 e. The van der Waals surface area contributed by atoms with Gasteiger partial charge in [-0.2, -0.15) is 0 Å². The fourth-order valence-electron chi connectivity index (χ4n) is 1.28. The molecule has 0 spiro atoms. The molecule has 2 N–H and O–H groups in total. The Morgan fingerprint density at radius 2 is 2.07 bits per heavy atom. The zero-order valence-electron chi connectivity index (χ0n) is 8.01. The summed E-state index contributed by atoms with van der Waals surface area (Å²) in [7, 11) is 0. The van der Waals surface area contributed by atoms with Gasteiger partial charge in [0.15, 0.2) is 0 Å². The second-order valence-corrected chi connectivity index (χ2v) is 4.01. The molecule has 1 heterocycles. The molecule has 0 atom stereocenters. The maximum atomic E-state index is 10.7. The smallest absolute Gasteiger partial charge is 0.223 e. The van der Waals surface area contributed by atoms with Gasteiger partial charge in [0.25, 0.3) is 0 Å². The van der Waals surface area contributed by atoms with E-state index in [1.54, 1.807) is 0 Å². The van der Waals surface area contributed by atoms with Crippen LogP contribution < -0.4 is 5.73 Å². The number of rotatable bonds is 3. The summed E-state index contributed by atoms with van der Waals surface area (Å²) >= 11 is 1.53. The Balaban J connectivity index is 2.24. The van der Waals surface area contributed by atoms with E-state index in [9.17, 15) is 4.79 Å². The number of nitrogens with two attached hydrogens (primary N) is 1. The van der Waals surface area contributed by atoms with Crippen molar-refractivity contribution in [3.05, 3.63) is 41.4 Å². The Morgan fingerprint density at radius 3 is 2.73 bits per heavy atom. The zero-order valence-corrected chi connectivity index (χ0v) is 8.83. The van der Waals surface area contributed by atoms with Gasteiger partial charge in [0.2, 0.25) is 5.91 Å². The SMILES string of the molecule is NC(=O)Cc1csc(-c2ccccc2)n1. The number of primary amides is 1. The molecule has 0 aliphatic rings. The number of carbonyl (C=O) groups excluding carboxylic acids is 1. The average molecular weight is 218 g/mol. The normalized spacial score (nSPS) is 10.1. The number of hydrogen-bond donors (Lipinski definition) is 1. The number of benzene rings is 1. The lowest BCUT2D eigenvalue weighted by atomic mass is 10.2. The van der Waals surface area contributed by atoms with Crippen LogP contribution in [0.25, 0.3) is 10.6 Å². The van der Waals surface area contributed by atoms with Gasteiger partial charge in [0, 0.05) is 10.9 Å². The van der Waals surface area contributed by atoms with Crippen LogP contribution in [0.4, 0.5) is 0 Å². The highest BCUT2D eigenvalue weighted by atomic mass is 32.1. The minimum Gasteiger partial charge on any atom is -0.369 e. The van der Waals surface area contributed by atoms with Crippen molar-refractivity contribution in [2.75, 3.05) is 0 Å². The van der Waals surface area contributed by atoms with Gasteiger partial charge in [-0.25, -0.2) is 4.98 Å². The van der Waals surface area contributed by atoms with Gasteiger partial charge in [-0.1, -0.05) is 30.3 Å². The summed E-state index contributed by atoms with van der Waals surface area (Å²) in [6.45, 7) is 0. The van der Waals surface area contributed by atoms with E-state index in [2.05, 4.69) is 4.98 Å². The summed E-state index contributed by atoms with van der Waals surface area (Å²) in [5.41, 5.74) is 6.91. The van der Waals surface area contributed by atoms with Crippen molar-refractivity contribution in [2.45, 2.75) is 6.42 Å². The minimum absolute atomic E-state index is 0.212. The third-order valence-corrected chi connectivity index (χ3v) is 2.87. The first-order chi connectivity index (χ1) is 7.25. The first-order valence-electron chi connectivity index (χ1n) is 4.54. The summed E-state index contributed by atoms with van der Waals surface area (Å²) in [6, 6.07) is 9.87. The van der Waals surface area contributed by atoms with Crippen molar-refractivity contribution in [3.63, 3.8) is 0 Å². The van der Waals surface area contributed by atoms with E-state index in [0.29, 0.717) is 0 Å². The Labute approximate surface area is 91.6 Å². The molecule has 0 aliphatic heterocycles. The van der Waals surface area contributed by atoms with Crippen molar-refractivity contribution in [1.82, 2.24) is 4.98 Å². The van der Waals surface area contributed by atoms with Crippen LogP contribution in [0.1, 0.15) is 5.69 Å². The second-order valence-electron chi connectivity index (χ2n) is 3.15. The molecule has 2 rings (SSSR count). The minimum atomic E-state index is -0.347. The summed E-state index contributed by atoms with van der Waals surface area (Å²) in [5.74, 6) is -0.347. The summed E-state index contributed by atoms with van der Waals surface area (Å²) in [4.78, 5) is 15.0. The van der Waals surface area contributed by atoms with Gasteiger partial charge in [0.1, 0.15) is 5.01 Å². The van der Waals surface area contributed by atoms with Crippen molar-refractivity contribution in [3.8, 4) is 10.6 Å². The Bertz CT molecular complexity index is 464. The molecule has 0 aliphatic carbocycles. The van der Waals surface area contributed by atoms with Crippen molar-refractivity contribution in [1.29, 1.82) is 0 Å². The third-order valence-electron chi connectivity index (χ3n) is 1.93. The maximum absolute atomic E-state index is 10.7. The van der Waals surface area contributed by atoms with Crippen LogP contribution >= 0.6 is 11.3 Å². The third kappa shape index (κ3) is 2.41. The molecular weight excluding hydrogens is 208 g/mol. The van der Waals surface area contributed by atoms with Gasteiger partial charge in [0.05, 0.1) is 12.1 Å². The number of aromatic nitrogens is 1. The highest BCUT2D eigenvalue weighted by Crippen LogP contribution is 2.23. The monoisotopic (exact) mass is 218 g/mol. The van der Waals surface area contributed by atoms with Gasteiger partial charge < -0.3 is 5.73 Å². The molecule has 76 valence electrons. The van der Waals surface area contributed by atoms with Crippen LogP contribution in [0.3, 0.4) is 0 Å². The molecule has 0 unspecified atom stereocenters. The summed E-state index contributed by atoms with van der Waals surface area (Å²) < 4.78 is 0. The van der Waals surface area contributed by atoms with Crippen molar-refractivity contribution >= 4 is 17.2 Å². The van der Waals surface area contributed by atoms with Crippen LogP contribution in [0, 0.1) is 0 Å². The first-order valence-corrected chi connectivity index (χ1v) is 5.42. The molecule has 4 heteroatoms. The van der Waals surface area contributed by atoms with Crippen LogP contribution in [0.5, 0.6) is 0 Å². The zero-order chi connectivity index (χ0) is 10.7. The molecule has 0 saturated heterocycles. The Hall–Kier alpha value is -1.68. The topological polar surface area (TPSA) is 56.0 Å². The largest absolute Gasteiger partial charge is 0.369 e. The van der Waals surface area contributed by atoms with E-state index in [-0.39, 0.29) is 12.3 Å². The fourth-order valence-corrected chi connectivity index (χ4v) is 2.11. The molecule has 0 radical (unpaired) electrons. The Morgan fingerprint density at radius 1 is 1.33 bits per heavy atom. The number of nitrogens with zero attached hydrogens (tertiary/aromatic N) is 1. The number of carbonyl (C=O) groups is 1. The van der Waals surface area contributed by atoms with E-state index in [1.165, 1.54) is 11.3 Å². The summed E-state index contributed by atoms with van der Waals surface area (Å²) in [5, 5.41) is 2.79. The fraction of sp³-hybridized carbons (Fsp3) is 0.0909. The van der Waals surface area contributed by atoms with E-state index in [4.69, 9.17) is 5.73 Å². The van der Waals surface area contributed by atoms with E-state index in [0.717, 1.165) is 16.3 Å². The lowest BCUT2D eigenvalue weighted by Gasteiger charge is -1.93. The molecule has 15 heavy (non-hydrogen) atoms. The molecule has 2 aromatic rings. The predicted octanol–water partition coefficient (Wildman–Crippen LogP) is 1.84. The predicted molar refractivity (Wildman–Crippen MR) is 60.4 cm³/mol. The van der Waals surface area contributed by atoms with Crippen LogP contribution in [0.15, 0.2) is 35.7 Å². The van der Waals surface area contributed by atoms with Crippen LogP contribution in [-0.2, 0) is 11.2 Å². The second kappa shape index (κ2) is 4.23. The highest BCUT2D eigenvalue weighted by molar-refractivity contribution is 7.13.